The van der Waals surface area contributed by atoms with Crippen molar-refractivity contribution in [3.8, 4) is 28.4 Å². The maximum absolute atomic E-state index is 12.5. The number of thiophene rings is 1. The van der Waals surface area contributed by atoms with E-state index in [1.165, 1.54) is 11.3 Å². The molecule has 8 heteroatoms. The van der Waals surface area contributed by atoms with Gasteiger partial charge in [-0.05, 0) is 69.8 Å². The summed E-state index contributed by atoms with van der Waals surface area (Å²) < 4.78 is 20.2. The number of pyridine rings is 1. The fraction of sp³-hybridized carbons (Fsp3) is 0.0698. The van der Waals surface area contributed by atoms with E-state index in [0.717, 1.165) is 37.9 Å². The summed E-state index contributed by atoms with van der Waals surface area (Å²) in [5, 5.41) is 11.6. The van der Waals surface area contributed by atoms with E-state index in [1.54, 1.807) is 30.6 Å². The zero-order chi connectivity index (χ0) is 35.0. The van der Waals surface area contributed by atoms with Gasteiger partial charge in [-0.2, -0.15) is 0 Å². The van der Waals surface area contributed by atoms with Crippen molar-refractivity contribution < 1.29 is 24.1 Å². The number of carboxylic acids is 1. The number of aromatic nitrogens is 1. The smallest absolute Gasteiger partial charge is 0.336 e. The Hall–Kier alpha value is -5.89. The maximum Gasteiger partial charge on any atom is 0.336 e. The van der Waals surface area contributed by atoms with E-state index in [-0.39, 0.29) is 12.2 Å². The molecule has 0 atom stereocenters. The van der Waals surface area contributed by atoms with Crippen molar-refractivity contribution in [3.63, 3.8) is 0 Å². The Balaban J connectivity index is 1.28. The lowest BCUT2D eigenvalue weighted by molar-refractivity contribution is -0.130. The van der Waals surface area contributed by atoms with Crippen molar-refractivity contribution in [2.75, 3.05) is 0 Å². The van der Waals surface area contributed by atoms with Crippen molar-refractivity contribution >= 4 is 50.6 Å². The van der Waals surface area contributed by atoms with Crippen LogP contribution in [0.5, 0.6) is 17.2 Å². The molecule has 7 rings (SSSR count). The van der Waals surface area contributed by atoms with Crippen molar-refractivity contribution in [2.24, 2.45) is 0 Å². The monoisotopic (exact) mass is 709 g/mol. The lowest BCUT2D eigenvalue weighted by Gasteiger charge is -2.15. The Morgan fingerprint density at radius 3 is 1.86 bits per heavy atom. The molecule has 0 radical (unpaired) electrons. The summed E-state index contributed by atoms with van der Waals surface area (Å²) in [4.78, 5) is 17.2. The minimum absolute atomic E-state index is 0.122. The van der Waals surface area contributed by atoms with Crippen LogP contribution < -0.4 is 14.2 Å². The van der Waals surface area contributed by atoms with E-state index < -0.39 is 5.97 Å². The average Bonchev–Trinajstić information content (AvgIpc) is 3.51. The SMILES string of the molecule is O=C(O)/C(=C/c1sc2cc(OCc3ccccc3)c(OCc3ccc(-c4ccccc4)cc3)cc2c1OCc1ccc(Cl)cc1)c1ccncc1. The Labute approximate surface area is 304 Å². The summed E-state index contributed by atoms with van der Waals surface area (Å²) in [5.41, 5.74) is 5.87. The third-order valence-electron chi connectivity index (χ3n) is 8.22. The fourth-order valence-corrected chi connectivity index (χ4v) is 6.79. The van der Waals surface area contributed by atoms with Gasteiger partial charge in [0.2, 0.25) is 0 Å². The van der Waals surface area contributed by atoms with Gasteiger partial charge in [-0.15, -0.1) is 11.3 Å². The summed E-state index contributed by atoms with van der Waals surface area (Å²) in [6.07, 6.45) is 4.80. The molecule has 0 fully saturated rings. The van der Waals surface area contributed by atoms with Crippen LogP contribution in [0.25, 0.3) is 32.9 Å². The number of rotatable bonds is 13. The molecule has 252 valence electrons. The summed E-state index contributed by atoms with van der Waals surface area (Å²) >= 11 is 7.56. The largest absolute Gasteiger partial charge is 0.487 e. The van der Waals surface area contributed by atoms with Gasteiger partial charge in [0.15, 0.2) is 11.5 Å². The van der Waals surface area contributed by atoms with Crippen molar-refractivity contribution in [1.82, 2.24) is 4.98 Å². The third kappa shape index (κ3) is 8.29. The predicted octanol–water partition coefficient (Wildman–Crippen LogP) is 11.0. The fourth-order valence-electron chi connectivity index (χ4n) is 5.56. The molecule has 0 spiro atoms. The van der Waals surface area contributed by atoms with Crippen LogP contribution in [-0.2, 0) is 24.6 Å². The van der Waals surface area contributed by atoms with E-state index in [9.17, 15) is 9.90 Å². The number of carbonyl (C=O) groups is 1. The molecular weight excluding hydrogens is 678 g/mol. The lowest BCUT2D eigenvalue weighted by Crippen LogP contribution is -2.01. The first-order valence-corrected chi connectivity index (χ1v) is 17.5. The highest BCUT2D eigenvalue weighted by molar-refractivity contribution is 7.20. The molecule has 0 saturated heterocycles. The molecule has 0 aliphatic rings. The van der Waals surface area contributed by atoms with Gasteiger partial charge in [-0.1, -0.05) is 109 Å². The van der Waals surface area contributed by atoms with Crippen LogP contribution in [0.4, 0.5) is 0 Å². The molecule has 0 bridgehead atoms. The van der Waals surface area contributed by atoms with Gasteiger partial charge in [-0.3, -0.25) is 4.98 Å². The maximum atomic E-state index is 12.5. The molecule has 6 nitrogen and oxygen atoms in total. The standard InChI is InChI=1S/C43H32ClNO5S/c44-35-17-13-31(14-18-35)28-50-42-37-23-38(48-27-30-11-15-33(16-12-30)32-9-5-2-6-10-32)39(49-26-29-7-3-1-4-8-29)25-40(37)51-41(42)24-36(43(46)47)34-19-21-45-22-20-34/h1-25H,26-28H2,(H,46,47)/b36-24+. The first kappa shape index (κ1) is 33.6. The molecule has 1 N–H and O–H groups in total. The topological polar surface area (TPSA) is 77.9 Å². The molecular formula is C43H32ClNO5S. The normalized spacial score (nSPS) is 11.4. The molecule has 0 saturated carbocycles. The van der Waals surface area contributed by atoms with Crippen LogP contribution in [0.1, 0.15) is 27.1 Å². The lowest BCUT2D eigenvalue weighted by atomic mass is 10.0. The Morgan fingerprint density at radius 2 is 1.22 bits per heavy atom. The molecule has 5 aromatic carbocycles. The highest BCUT2D eigenvalue weighted by Crippen LogP contribution is 2.46. The number of halogens is 1. The number of hydrogen-bond donors (Lipinski definition) is 1. The van der Waals surface area contributed by atoms with Crippen LogP contribution in [0.3, 0.4) is 0 Å². The van der Waals surface area contributed by atoms with Crippen LogP contribution in [0.2, 0.25) is 5.02 Å². The van der Waals surface area contributed by atoms with Gasteiger partial charge in [0, 0.05) is 33.6 Å². The van der Waals surface area contributed by atoms with Gasteiger partial charge < -0.3 is 19.3 Å². The quantitative estimate of drug-likeness (QED) is 0.120. The number of fused-ring (bicyclic) bond motifs is 1. The van der Waals surface area contributed by atoms with Crippen molar-refractivity contribution in [2.45, 2.75) is 19.8 Å². The van der Waals surface area contributed by atoms with E-state index in [1.807, 2.05) is 84.9 Å². The zero-order valence-electron chi connectivity index (χ0n) is 27.4. The highest BCUT2D eigenvalue weighted by Gasteiger charge is 2.20. The number of hydrogen-bond acceptors (Lipinski definition) is 6. The molecule has 7 aromatic rings. The van der Waals surface area contributed by atoms with Crippen molar-refractivity contribution in [3.05, 3.63) is 178 Å². The summed E-state index contributed by atoms with van der Waals surface area (Å²) in [7, 11) is 0. The van der Waals surface area contributed by atoms with Gasteiger partial charge in [0.25, 0.3) is 0 Å². The molecule has 0 aliphatic carbocycles. The number of aliphatic carboxylic acids is 1. The molecule has 2 aromatic heterocycles. The molecule has 0 aliphatic heterocycles. The minimum Gasteiger partial charge on any atom is -0.487 e. The van der Waals surface area contributed by atoms with E-state index in [2.05, 4.69) is 41.4 Å². The van der Waals surface area contributed by atoms with Crippen LogP contribution >= 0.6 is 22.9 Å². The second-order valence-corrected chi connectivity index (χ2v) is 13.3. The summed E-state index contributed by atoms with van der Waals surface area (Å²) in [6, 6.07) is 43.1. The van der Waals surface area contributed by atoms with Gasteiger partial charge in [-0.25, -0.2) is 4.79 Å². The summed E-state index contributed by atoms with van der Waals surface area (Å²) in [5.74, 6) is 0.602. The predicted molar refractivity (Wildman–Crippen MR) is 204 cm³/mol. The first-order valence-electron chi connectivity index (χ1n) is 16.3. The second-order valence-electron chi connectivity index (χ2n) is 11.7. The number of benzene rings is 5. The van der Waals surface area contributed by atoms with Crippen LogP contribution in [0, 0.1) is 0 Å². The van der Waals surface area contributed by atoms with Crippen molar-refractivity contribution in [1.29, 1.82) is 0 Å². The molecule has 2 heterocycles. The third-order valence-corrected chi connectivity index (χ3v) is 9.55. The molecule has 51 heavy (non-hydrogen) atoms. The van der Waals surface area contributed by atoms with Crippen LogP contribution in [0.15, 0.2) is 146 Å². The minimum atomic E-state index is -1.06. The number of ether oxygens (including phenoxy) is 3. The Bertz CT molecular complexity index is 2270. The number of carboxylic acid groups (broad SMARTS) is 1. The van der Waals surface area contributed by atoms with E-state index in [4.69, 9.17) is 25.8 Å². The molecule has 0 unspecified atom stereocenters. The first-order chi connectivity index (χ1) is 25.0. The number of nitrogens with zero attached hydrogens (tertiary/aromatic N) is 1. The van der Waals surface area contributed by atoms with Gasteiger partial charge in [0.05, 0.1) is 10.5 Å². The summed E-state index contributed by atoms with van der Waals surface area (Å²) in [6.45, 7) is 0.904. The average molecular weight is 710 g/mol. The zero-order valence-corrected chi connectivity index (χ0v) is 28.9. The second kappa shape index (κ2) is 15.8. The van der Waals surface area contributed by atoms with Gasteiger partial charge >= 0.3 is 5.97 Å². The Kier molecular flexibility index (Phi) is 10.4. The van der Waals surface area contributed by atoms with E-state index >= 15 is 0 Å². The van der Waals surface area contributed by atoms with E-state index in [0.29, 0.717) is 45.9 Å². The van der Waals surface area contributed by atoms with Crippen LogP contribution in [-0.4, -0.2) is 16.1 Å². The Morgan fingerprint density at radius 1 is 0.667 bits per heavy atom. The van der Waals surface area contributed by atoms with Gasteiger partial charge in [0.1, 0.15) is 25.6 Å². The molecule has 0 amide bonds. The highest BCUT2D eigenvalue weighted by atomic mass is 35.5.